The zero-order valence-corrected chi connectivity index (χ0v) is 11.6. The summed E-state index contributed by atoms with van der Waals surface area (Å²) in [4.78, 5) is 12.2. The van der Waals surface area contributed by atoms with Crippen LogP contribution >= 0.6 is 0 Å². The van der Waals surface area contributed by atoms with Crippen molar-refractivity contribution in [2.24, 2.45) is 11.7 Å². The summed E-state index contributed by atoms with van der Waals surface area (Å²) in [6, 6.07) is 8.16. The van der Waals surface area contributed by atoms with E-state index in [1.807, 2.05) is 24.3 Å². The van der Waals surface area contributed by atoms with Crippen LogP contribution in [0.4, 0.5) is 0 Å². The fourth-order valence-corrected chi connectivity index (χ4v) is 2.78. The Balaban J connectivity index is 1.82. The number of rotatable bonds is 5. The van der Waals surface area contributed by atoms with Gasteiger partial charge in [-0.2, -0.15) is 0 Å². The first kappa shape index (κ1) is 14.1. The van der Waals surface area contributed by atoms with Crippen LogP contribution in [0, 0.1) is 5.92 Å². The van der Waals surface area contributed by atoms with Crippen molar-refractivity contribution in [3.8, 4) is 5.75 Å². The average molecular weight is 261 g/mol. The van der Waals surface area contributed by atoms with Gasteiger partial charge in [0.25, 0.3) is 0 Å². The van der Waals surface area contributed by atoms with E-state index in [-0.39, 0.29) is 12.0 Å². The number of ether oxygens (including phenoxy) is 1. The first-order chi connectivity index (χ1) is 9.19. The molecule has 1 aliphatic carbocycles. The third-order valence-electron chi connectivity index (χ3n) is 3.99. The van der Waals surface area contributed by atoms with Crippen LogP contribution < -0.4 is 10.5 Å². The van der Waals surface area contributed by atoms with E-state index < -0.39 is 0 Å². The normalized spacial score (nSPS) is 23.1. The molecular weight excluding hydrogens is 238 g/mol. The summed E-state index contributed by atoms with van der Waals surface area (Å²) in [5.41, 5.74) is 7.13. The summed E-state index contributed by atoms with van der Waals surface area (Å²) in [6.07, 6.45) is 5.51. The standard InChI is InChI=1S/C16H23NO2/c1-19-15-8-5-12(6-9-15)7-10-16(18)13-3-2-4-14(17)11-13/h5-6,8-9,13-14H,2-4,7,10-11,17H2,1H3. The predicted molar refractivity (Wildman–Crippen MR) is 76.3 cm³/mol. The Bertz CT molecular complexity index is 413. The topological polar surface area (TPSA) is 52.3 Å². The Kier molecular flexibility index (Phi) is 4.97. The molecule has 2 unspecified atom stereocenters. The minimum absolute atomic E-state index is 0.196. The lowest BCUT2D eigenvalue weighted by molar-refractivity contribution is -0.123. The monoisotopic (exact) mass is 261 g/mol. The number of benzene rings is 1. The maximum Gasteiger partial charge on any atom is 0.136 e. The zero-order chi connectivity index (χ0) is 13.7. The van der Waals surface area contributed by atoms with E-state index >= 15 is 0 Å². The van der Waals surface area contributed by atoms with E-state index in [0.717, 1.165) is 37.9 Å². The van der Waals surface area contributed by atoms with Gasteiger partial charge < -0.3 is 10.5 Å². The fraction of sp³-hybridized carbons (Fsp3) is 0.562. The molecule has 0 saturated heterocycles. The SMILES string of the molecule is COc1ccc(CCC(=O)C2CCCC(N)C2)cc1. The summed E-state index contributed by atoms with van der Waals surface area (Å²) in [5, 5.41) is 0. The van der Waals surface area contributed by atoms with Crippen LogP contribution in [0.25, 0.3) is 0 Å². The Morgan fingerprint density at radius 2 is 2.05 bits per heavy atom. The highest BCUT2D eigenvalue weighted by Gasteiger charge is 2.24. The molecule has 0 amide bonds. The predicted octanol–water partition coefficient (Wildman–Crippen LogP) is 2.71. The van der Waals surface area contributed by atoms with Gasteiger partial charge in [0.15, 0.2) is 0 Å². The van der Waals surface area contributed by atoms with E-state index in [4.69, 9.17) is 10.5 Å². The highest BCUT2D eigenvalue weighted by atomic mass is 16.5. The molecular formula is C16H23NO2. The van der Waals surface area contributed by atoms with Gasteiger partial charge in [-0.15, -0.1) is 0 Å². The van der Waals surface area contributed by atoms with Gasteiger partial charge in [0.2, 0.25) is 0 Å². The van der Waals surface area contributed by atoms with Crippen molar-refractivity contribution in [3.63, 3.8) is 0 Å². The minimum Gasteiger partial charge on any atom is -0.497 e. The fourth-order valence-electron chi connectivity index (χ4n) is 2.78. The number of carbonyl (C=O) groups excluding carboxylic acids is 1. The molecule has 2 N–H and O–H groups in total. The lowest BCUT2D eigenvalue weighted by Crippen LogP contribution is -2.31. The van der Waals surface area contributed by atoms with Crippen molar-refractivity contribution >= 4 is 5.78 Å². The summed E-state index contributed by atoms with van der Waals surface area (Å²) in [7, 11) is 1.66. The molecule has 1 aliphatic rings. The first-order valence-corrected chi connectivity index (χ1v) is 7.10. The number of methoxy groups -OCH3 is 1. The molecule has 0 aliphatic heterocycles. The second-order valence-electron chi connectivity index (χ2n) is 5.44. The summed E-state index contributed by atoms with van der Waals surface area (Å²) >= 11 is 0. The minimum atomic E-state index is 0.196. The second-order valence-corrected chi connectivity index (χ2v) is 5.44. The van der Waals surface area contributed by atoms with Gasteiger partial charge in [-0.1, -0.05) is 18.6 Å². The largest absolute Gasteiger partial charge is 0.497 e. The molecule has 2 rings (SSSR count). The number of nitrogens with two attached hydrogens (primary N) is 1. The highest BCUT2D eigenvalue weighted by molar-refractivity contribution is 5.81. The van der Waals surface area contributed by atoms with Crippen molar-refractivity contribution in [2.75, 3.05) is 7.11 Å². The van der Waals surface area contributed by atoms with Gasteiger partial charge in [0, 0.05) is 18.4 Å². The lowest BCUT2D eigenvalue weighted by atomic mass is 9.82. The van der Waals surface area contributed by atoms with Gasteiger partial charge in [0.05, 0.1) is 7.11 Å². The van der Waals surface area contributed by atoms with Crippen molar-refractivity contribution < 1.29 is 9.53 Å². The molecule has 0 bridgehead atoms. The molecule has 3 heteroatoms. The van der Waals surface area contributed by atoms with E-state index in [1.54, 1.807) is 7.11 Å². The third kappa shape index (κ3) is 4.06. The molecule has 1 aromatic rings. The summed E-state index contributed by atoms with van der Waals surface area (Å²) in [5.74, 6) is 1.43. The third-order valence-corrected chi connectivity index (χ3v) is 3.99. The molecule has 0 spiro atoms. The first-order valence-electron chi connectivity index (χ1n) is 7.10. The quantitative estimate of drug-likeness (QED) is 0.886. The number of hydrogen-bond donors (Lipinski definition) is 1. The Morgan fingerprint density at radius 1 is 1.32 bits per heavy atom. The van der Waals surface area contributed by atoms with Crippen LogP contribution in [-0.2, 0) is 11.2 Å². The van der Waals surface area contributed by atoms with E-state index in [1.165, 1.54) is 5.56 Å². The van der Waals surface area contributed by atoms with E-state index in [0.29, 0.717) is 12.2 Å². The number of carbonyl (C=O) groups is 1. The summed E-state index contributed by atoms with van der Waals surface area (Å²) in [6.45, 7) is 0. The lowest BCUT2D eigenvalue weighted by Gasteiger charge is -2.25. The molecule has 19 heavy (non-hydrogen) atoms. The number of ketones is 1. The molecule has 1 fully saturated rings. The molecule has 1 saturated carbocycles. The van der Waals surface area contributed by atoms with E-state index in [9.17, 15) is 4.79 Å². The molecule has 0 radical (unpaired) electrons. The van der Waals surface area contributed by atoms with Crippen molar-refractivity contribution in [1.82, 2.24) is 0 Å². The molecule has 0 aromatic heterocycles. The molecule has 2 atom stereocenters. The number of hydrogen-bond acceptors (Lipinski definition) is 3. The summed E-state index contributed by atoms with van der Waals surface area (Å²) < 4.78 is 5.12. The van der Waals surface area contributed by atoms with Gasteiger partial charge in [-0.3, -0.25) is 4.79 Å². The second kappa shape index (κ2) is 6.71. The van der Waals surface area contributed by atoms with Gasteiger partial charge in [0.1, 0.15) is 11.5 Å². The van der Waals surface area contributed by atoms with Crippen LogP contribution in [0.5, 0.6) is 5.75 Å². The Morgan fingerprint density at radius 3 is 2.68 bits per heavy atom. The van der Waals surface area contributed by atoms with Gasteiger partial charge in [-0.05, 0) is 43.4 Å². The van der Waals surface area contributed by atoms with E-state index in [2.05, 4.69) is 0 Å². The smallest absolute Gasteiger partial charge is 0.136 e. The van der Waals surface area contributed by atoms with Gasteiger partial charge in [-0.25, -0.2) is 0 Å². The average Bonchev–Trinajstić information content (AvgIpc) is 2.45. The number of aryl methyl sites for hydroxylation is 1. The van der Waals surface area contributed by atoms with Crippen LogP contribution in [0.2, 0.25) is 0 Å². The van der Waals surface area contributed by atoms with Gasteiger partial charge >= 0.3 is 0 Å². The van der Waals surface area contributed by atoms with Crippen LogP contribution in [0.3, 0.4) is 0 Å². The van der Waals surface area contributed by atoms with Crippen molar-refractivity contribution in [2.45, 2.75) is 44.6 Å². The molecule has 1 aromatic carbocycles. The highest BCUT2D eigenvalue weighted by Crippen LogP contribution is 2.25. The maximum absolute atomic E-state index is 12.2. The van der Waals surface area contributed by atoms with Crippen LogP contribution in [0.15, 0.2) is 24.3 Å². The van der Waals surface area contributed by atoms with Crippen LogP contribution in [-0.4, -0.2) is 18.9 Å². The zero-order valence-electron chi connectivity index (χ0n) is 11.6. The van der Waals surface area contributed by atoms with Crippen LogP contribution in [0.1, 0.15) is 37.7 Å². The van der Waals surface area contributed by atoms with Crippen molar-refractivity contribution in [1.29, 1.82) is 0 Å². The Labute approximate surface area is 115 Å². The van der Waals surface area contributed by atoms with Crippen molar-refractivity contribution in [3.05, 3.63) is 29.8 Å². The Hall–Kier alpha value is -1.35. The number of Topliss-reactive ketones (excluding diaryl/α,β-unsaturated/α-hetero) is 1. The maximum atomic E-state index is 12.2. The molecule has 3 nitrogen and oxygen atoms in total. The molecule has 0 heterocycles. The molecule has 104 valence electrons.